The zero-order valence-electron chi connectivity index (χ0n) is 12.7. The van der Waals surface area contributed by atoms with Gasteiger partial charge in [0, 0.05) is 12.6 Å². The first-order chi connectivity index (χ1) is 10.1. The van der Waals surface area contributed by atoms with Gasteiger partial charge in [-0.15, -0.1) is 0 Å². The van der Waals surface area contributed by atoms with Crippen molar-refractivity contribution in [2.24, 2.45) is 0 Å². The Bertz CT molecular complexity index is 655. The van der Waals surface area contributed by atoms with Gasteiger partial charge in [0.25, 0.3) is 0 Å². The Hall–Kier alpha value is -1.96. The van der Waals surface area contributed by atoms with E-state index in [0.29, 0.717) is 12.2 Å². The first-order valence-corrected chi connectivity index (χ1v) is 7.67. The summed E-state index contributed by atoms with van der Waals surface area (Å²) in [5.41, 5.74) is 5.83. The molecule has 2 heteroatoms. The van der Waals surface area contributed by atoms with Gasteiger partial charge in [0.15, 0.2) is 0 Å². The molecule has 0 fully saturated rings. The van der Waals surface area contributed by atoms with Gasteiger partial charge in [-0.3, -0.25) is 9.78 Å². The molecule has 0 bridgehead atoms. The predicted octanol–water partition coefficient (Wildman–Crippen LogP) is 3.93. The molecule has 0 amide bonds. The van der Waals surface area contributed by atoms with Crippen LogP contribution in [0.1, 0.15) is 46.7 Å². The van der Waals surface area contributed by atoms with Gasteiger partial charge in [0.2, 0.25) is 0 Å². The van der Waals surface area contributed by atoms with Gasteiger partial charge in [0.05, 0.1) is 11.6 Å². The molecule has 2 nitrogen and oxygen atoms in total. The SMILES string of the molecule is Cc1cc(C)cc(CC(=O)C2CCCc3cccnc32)c1. The van der Waals surface area contributed by atoms with Crippen LogP contribution in [0.2, 0.25) is 0 Å². The Morgan fingerprint density at radius 3 is 2.76 bits per heavy atom. The molecule has 0 spiro atoms. The number of aryl methyl sites for hydroxylation is 3. The molecule has 2 aromatic rings. The highest BCUT2D eigenvalue weighted by Crippen LogP contribution is 2.31. The average molecular weight is 279 g/mol. The second-order valence-corrected chi connectivity index (χ2v) is 6.13. The number of nitrogens with zero attached hydrogens (tertiary/aromatic N) is 1. The second-order valence-electron chi connectivity index (χ2n) is 6.13. The molecule has 1 unspecified atom stereocenters. The molecular weight excluding hydrogens is 258 g/mol. The van der Waals surface area contributed by atoms with Crippen molar-refractivity contribution in [3.05, 3.63) is 64.5 Å². The number of benzene rings is 1. The van der Waals surface area contributed by atoms with Crippen LogP contribution >= 0.6 is 0 Å². The fourth-order valence-corrected chi connectivity index (χ4v) is 3.42. The van der Waals surface area contributed by atoms with E-state index in [0.717, 1.165) is 30.5 Å². The minimum atomic E-state index is -0.0178. The molecule has 1 aliphatic carbocycles. The molecule has 0 saturated carbocycles. The summed E-state index contributed by atoms with van der Waals surface area (Å²) in [7, 11) is 0. The molecule has 1 aliphatic rings. The topological polar surface area (TPSA) is 30.0 Å². The Kier molecular flexibility index (Phi) is 3.87. The van der Waals surface area contributed by atoms with Gasteiger partial charge in [-0.1, -0.05) is 35.4 Å². The number of ketones is 1. The van der Waals surface area contributed by atoms with Crippen LogP contribution in [0.4, 0.5) is 0 Å². The van der Waals surface area contributed by atoms with Crippen LogP contribution in [-0.2, 0) is 17.6 Å². The second kappa shape index (κ2) is 5.80. The van der Waals surface area contributed by atoms with E-state index in [1.54, 1.807) is 6.20 Å². The lowest BCUT2D eigenvalue weighted by Gasteiger charge is -2.23. The number of hydrogen-bond donors (Lipinski definition) is 0. The van der Waals surface area contributed by atoms with Crippen molar-refractivity contribution < 1.29 is 4.79 Å². The first-order valence-electron chi connectivity index (χ1n) is 7.67. The van der Waals surface area contributed by atoms with E-state index in [4.69, 9.17) is 0 Å². The first kappa shape index (κ1) is 14.0. The zero-order chi connectivity index (χ0) is 14.8. The molecule has 0 radical (unpaired) electrons. The fourth-order valence-electron chi connectivity index (χ4n) is 3.42. The van der Waals surface area contributed by atoms with E-state index < -0.39 is 0 Å². The molecule has 21 heavy (non-hydrogen) atoms. The van der Waals surface area contributed by atoms with E-state index in [2.05, 4.69) is 43.1 Å². The highest BCUT2D eigenvalue weighted by Gasteiger charge is 2.27. The monoisotopic (exact) mass is 279 g/mol. The molecule has 108 valence electrons. The van der Waals surface area contributed by atoms with Crippen LogP contribution in [0.5, 0.6) is 0 Å². The number of hydrogen-bond acceptors (Lipinski definition) is 2. The summed E-state index contributed by atoms with van der Waals surface area (Å²) >= 11 is 0. The smallest absolute Gasteiger partial charge is 0.146 e. The van der Waals surface area contributed by atoms with Gasteiger partial charge in [-0.05, 0) is 50.3 Å². The number of rotatable bonds is 3. The maximum absolute atomic E-state index is 12.7. The third kappa shape index (κ3) is 3.05. The largest absolute Gasteiger partial charge is 0.299 e. The van der Waals surface area contributed by atoms with Crippen molar-refractivity contribution >= 4 is 5.78 Å². The van der Waals surface area contributed by atoms with E-state index in [9.17, 15) is 4.79 Å². The number of carbonyl (C=O) groups excluding carboxylic acids is 1. The quantitative estimate of drug-likeness (QED) is 0.852. The standard InChI is InChI=1S/C19H21NO/c1-13-9-14(2)11-15(10-13)12-18(21)17-7-3-5-16-6-4-8-20-19(16)17/h4,6,8-11,17H,3,5,7,12H2,1-2H3. The number of pyridine rings is 1. The summed E-state index contributed by atoms with van der Waals surface area (Å²) in [4.78, 5) is 17.2. The number of aromatic nitrogens is 1. The summed E-state index contributed by atoms with van der Waals surface area (Å²) in [5.74, 6) is 0.287. The summed E-state index contributed by atoms with van der Waals surface area (Å²) in [6.45, 7) is 4.16. The highest BCUT2D eigenvalue weighted by atomic mass is 16.1. The Morgan fingerprint density at radius 2 is 2.00 bits per heavy atom. The number of carbonyl (C=O) groups is 1. The van der Waals surface area contributed by atoms with Crippen molar-refractivity contribution in [1.29, 1.82) is 0 Å². The molecule has 1 aromatic carbocycles. The zero-order valence-corrected chi connectivity index (χ0v) is 12.7. The third-order valence-electron chi connectivity index (χ3n) is 4.24. The van der Waals surface area contributed by atoms with E-state index in [1.165, 1.54) is 16.7 Å². The van der Waals surface area contributed by atoms with Gasteiger partial charge in [0.1, 0.15) is 5.78 Å². The van der Waals surface area contributed by atoms with Crippen molar-refractivity contribution in [1.82, 2.24) is 4.98 Å². The van der Waals surface area contributed by atoms with E-state index in [-0.39, 0.29) is 5.92 Å². The van der Waals surface area contributed by atoms with Crippen LogP contribution < -0.4 is 0 Å². The molecule has 1 aromatic heterocycles. The predicted molar refractivity (Wildman–Crippen MR) is 84.5 cm³/mol. The lowest BCUT2D eigenvalue weighted by Crippen LogP contribution is -2.21. The van der Waals surface area contributed by atoms with Gasteiger partial charge in [-0.25, -0.2) is 0 Å². The third-order valence-corrected chi connectivity index (χ3v) is 4.24. The Labute approximate surface area is 126 Å². The van der Waals surface area contributed by atoms with Crippen molar-refractivity contribution in [2.75, 3.05) is 0 Å². The minimum Gasteiger partial charge on any atom is -0.299 e. The fraction of sp³-hybridized carbons (Fsp3) is 0.368. The van der Waals surface area contributed by atoms with Gasteiger partial charge < -0.3 is 0 Å². The van der Waals surface area contributed by atoms with Crippen molar-refractivity contribution in [3.63, 3.8) is 0 Å². The van der Waals surface area contributed by atoms with E-state index >= 15 is 0 Å². The van der Waals surface area contributed by atoms with Crippen LogP contribution in [0.25, 0.3) is 0 Å². The van der Waals surface area contributed by atoms with E-state index in [1.807, 2.05) is 6.07 Å². The number of Topliss-reactive ketones (excluding diaryl/α,β-unsaturated/α-hetero) is 1. The van der Waals surface area contributed by atoms with Crippen molar-refractivity contribution in [2.45, 2.75) is 45.4 Å². The summed E-state index contributed by atoms with van der Waals surface area (Å²) in [6.07, 6.45) is 5.40. The van der Waals surface area contributed by atoms with Crippen molar-refractivity contribution in [3.8, 4) is 0 Å². The molecule has 0 saturated heterocycles. The van der Waals surface area contributed by atoms with Crippen LogP contribution in [0, 0.1) is 13.8 Å². The normalized spacial score (nSPS) is 17.3. The maximum Gasteiger partial charge on any atom is 0.146 e. The highest BCUT2D eigenvalue weighted by molar-refractivity contribution is 5.87. The van der Waals surface area contributed by atoms with Crippen LogP contribution in [0.15, 0.2) is 36.5 Å². The van der Waals surface area contributed by atoms with Crippen LogP contribution in [0.3, 0.4) is 0 Å². The lowest BCUT2D eigenvalue weighted by molar-refractivity contribution is -0.120. The summed E-state index contributed by atoms with van der Waals surface area (Å²) < 4.78 is 0. The lowest BCUT2D eigenvalue weighted by atomic mass is 9.82. The average Bonchev–Trinajstić information content (AvgIpc) is 2.45. The maximum atomic E-state index is 12.7. The van der Waals surface area contributed by atoms with Crippen LogP contribution in [-0.4, -0.2) is 10.8 Å². The summed E-state index contributed by atoms with van der Waals surface area (Å²) in [5, 5.41) is 0. The number of fused-ring (bicyclic) bond motifs is 1. The Balaban J connectivity index is 1.83. The molecule has 1 heterocycles. The molecular formula is C19H21NO. The van der Waals surface area contributed by atoms with Gasteiger partial charge >= 0.3 is 0 Å². The van der Waals surface area contributed by atoms with Gasteiger partial charge in [-0.2, -0.15) is 0 Å². The molecule has 0 aliphatic heterocycles. The molecule has 3 rings (SSSR count). The molecule has 0 N–H and O–H groups in total. The Morgan fingerprint density at radius 1 is 1.24 bits per heavy atom. The summed E-state index contributed by atoms with van der Waals surface area (Å²) in [6, 6.07) is 10.5. The molecule has 1 atom stereocenters. The minimum absolute atomic E-state index is 0.0178.